The molecule has 2 rings (SSSR count). The Balaban J connectivity index is 2.04. The van der Waals surface area contributed by atoms with Crippen LogP contribution in [0.5, 0.6) is 0 Å². The lowest BCUT2D eigenvalue weighted by Crippen LogP contribution is -2.47. The van der Waals surface area contributed by atoms with Crippen LogP contribution in [-0.4, -0.2) is 19.0 Å². The van der Waals surface area contributed by atoms with E-state index in [1.165, 1.54) is 19.3 Å². The van der Waals surface area contributed by atoms with Crippen molar-refractivity contribution in [3.63, 3.8) is 0 Å². The summed E-state index contributed by atoms with van der Waals surface area (Å²) >= 11 is 0. The van der Waals surface area contributed by atoms with Gasteiger partial charge >= 0.3 is 0 Å². The van der Waals surface area contributed by atoms with E-state index in [4.69, 9.17) is 9.47 Å². The quantitative estimate of drug-likeness (QED) is 0.555. The highest BCUT2D eigenvalue weighted by atomic mass is 16.7. The van der Waals surface area contributed by atoms with Crippen LogP contribution in [-0.2, 0) is 9.47 Å². The zero-order chi connectivity index (χ0) is 8.44. The lowest BCUT2D eigenvalue weighted by atomic mass is 9.84. The first kappa shape index (κ1) is 8.52. The fourth-order valence-electron chi connectivity index (χ4n) is 2.31. The summed E-state index contributed by atoms with van der Waals surface area (Å²) in [7, 11) is 0. The first-order chi connectivity index (χ1) is 5.83. The van der Waals surface area contributed by atoms with Crippen LogP contribution in [0.4, 0.5) is 0 Å². The molecule has 1 saturated carbocycles. The van der Waals surface area contributed by atoms with E-state index in [1.807, 2.05) is 0 Å². The predicted octanol–water partition coefficient (Wildman–Crippen LogP) is 2.33. The molecule has 0 aromatic rings. The summed E-state index contributed by atoms with van der Waals surface area (Å²) in [5.41, 5.74) is 0. The molecule has 0 bridgehead atoms. The van der Waals surface area contributed by atoms with Crippen molar-refractivity contribution in [2.24, 2.45) is 5.92 Å². The first-order valence-corrected chi connectivity index (χ1v) is 5.11. The molecule has 12 heavy (non-hydrogen) atoms. The molecule has 2 fully saturated rings. The lowest BCUT2D eigenvalue weighted by molar-refractivity contribution is -0.302. The normalized spacial score (nSPS) is 35.2. The molecule has 0 aromatic carbocycles. The molecular formula is C10H18O2. The van der Waals surface area contributed by atoms with Gasteiger partial charge in [0.2, 0.25) is 0 Å². The van der Waals surface area contributed by atoms with Gasteiger partial charge in [-0.25, -0.2) is 0 Å². The second-order valence-corrected chi connectivity index (χ2v) is 4.01. The van der Waals surface area contributed by atoms with E-state index in [0.29, 0.717) is 5.92 Å². The van der Waals surface area contributed by atoms with E-state index in [0.717, 1.165) is 26.1 Å². The minimum absolute atomic E-state index is 0.184. The number of hydrogen-bond acceptors (Lipinski definition) is 2. The Kier molecular flexibility index (Phi) is 2.37. The maximum absolute atomic E-state index is 5.80. The average molecular weight is 170 g/mol. The molecule has 1 heterocycles. The van der Waals surface area contributed by atoms with Crippen molar-refractivity contribution in [2.75, 3.05) is 13.2 Å². The van der Waals surface area contributed by atoms with E-state index in [-0.39, 0.29) is 5.79 Å². The van der Waals surface area contributed by atoms with Crippen LogP contribution in [0.15, 0.2) is 0 Å². The number of ether oxygens (including phenoxy) is 2. The SMILES string of the molecule is CC1CCCCC12OCCCO2. The molecule has 70 valence electrons. The predicted molar refractivity (Wildman–Crippen MR) is 46.9 cm³/mol. The minimum atomic E-state index is -0.184. The van der Waals surface area contributed by atoms with Gasteiger partial charge in [0, 0.05) is 12.3 Å². The molecule has 1 saturated heterocycles. The Hall–Kier alpha value is -0.0800. The Morgan fingerprint density at radius 2 is 1.83 bits per heavy atom. The van der Waals surface area contributed by atoms with Crippen LogP contribution in [0.3, 0.4) is 0 Å². The van der Waals surface area contributed by atoms with Crippen molar-refractivity contribution in [2.45, 2.75) is 44.8 Å². The maximum Gasteiger partial charge on any atom is 0.170 e. The summed E-state index contributed by atoms with van der Waals surface area (Å²) < 4.78 is 11.6. The summed E-state index contributed by atoms with van der Waals surface area (Å²) in [6, 6.07) is 0. The number of rotatable bonds is 0. The summed E-state index contributed by atoms with van der Waals surface area (Å²) in [6.07, 6.45) is 6.04. The van der Waals surface area contributed by atoms with Gasteiger partial charge in [0.25, 0.3) is 0 Å². The summed E-state index contributed by atoms with van der Waals surface area (Å²) in [5.74, 6) is 0.405. The molecular weight excluding hydrogens is 152 g/mol. The third kappa shape index (κ3) is 1.38. The van der Waals surface area contributed by atoms with E-state index in [1.54, 1.807) is 0 Å². The molecule has 2 heteroatoms. The molecule has 0 amide bonds. The molecule has 0 radical (unpaired) electrons. The topological polar surface area (TPSA) is 18.5 Å². The highest BCUT2D eigenvalue weighted by Crippen LogP contribution is 2.39. The third-order valence-electron chi connectivity index (χ3n) is 3.14. The molecule has 2 aliphatic rings. The number of hydrogen-bond donors (Lipinski definition) is 0. The smallest absolute Gasteiger partial charge is 0.170 e. The zero-order valence-electron chi connectivity index (χ0n) is 7.84. The average Bonchev–Trinajstić information content (AvgIpc) is 2.12. The Morgan fingerprint density at radius 3 is 2.50 bits per heavy atom. The van der Waals surface area contributed by atoms with Gasteiger partial charge in [-0.15, -0.1) is 0 Å². The van der Waals surface area contributed by atoms with Crippen molar-refractivity contribution < 1.29 is 9.47 Å². The van der Waals surface area contributed by atoms with E-state index < -0.39 is 0 Å². The van der Waals surface area contributed by atoms with Crippen LogP contribution < -0.4 is 0 Å². The van der Waals surface area contributed by atoms with Crippen LogP contribution in [0, 0.1) is 5.92 Å². The standard InChI is InChI=1S/C10H18O2/c1-9-5-2-3-6-10(9)11-7-4-8-12-10/h9H,2-8H2,1H3. The fourth-order valence-corrected chi connectivity index (χ4v) is 2.31. The van der Waals surface area contributed by atoms with Crippen molar-refractivity contribution in [3.8, 4) is 0 Å². The van der Waals surface area contributed by atoms with Crippen LogP contribution in [0.1, 0.15) is 39.0 Å². The Morgan fingerprint density at radius 1 is 1.08 bits per heavy atom. The zero-order valence-corrected chi connectivity index (χ0v) is 7.84. The summed E-state index contributed by atoms with van der Waals surface area (Å²) in [5, 5.41) is 0. The van der Waals surface area contributed by atoms with Crippen LogP contribution >= 0.6 is 0 Å². The molecule has 2 nitrogen and oxygen atoms in total. The van der Waals surface area contributed by atoms with E-state index in [2.05, 4.69) is 6.92 Å². The first-order valence-electron chi connectivity index (χ1n) is 5.11. The second kappa shape index (κ2) is 3.35. The monoisotopic (exact) mass is 170 g/mol. The van der Waals surface area contributed by atoms with Gasteiger partial charge in [0.15, 0.2) is 5.79 Å². The maximum atomic E-state index is 5.80. The van der Waals surface area contributed by atoms with Crippen molar-refractivity contribution in [1.29, 1.82) is 0 Å². The van der Waals surface area contributed by atoms with E-state index >= 15 is 0 Å². The molecule has 1 atom stereocenters. The van der Waals surface area contributed by atoms with Gasteiger partial charge in [-0.1, -0.05) is 13.3 Å². The third-order valence-corrected chi connectivity index (χ3v) is 3.14. The van der Waals surface area contributed by atoms with Crippen LogP contribution in [0.2, 0.25) is 0 Å². The molecule has 1 aliphatic heterocycles. The second-order valence-electron chi connectivity index (χ2n) is 4.01. The van der Waals surface area contributed by atoms with Gasteiger partial charge in [0.05, 0.1) is 13.2 Å². The van der Waals surface area contributed by atoms with Gasteiger partial charge < -0.3 is 9.47 Å². The van der Waals surface area contributed by atoms with Crippen molar-refractivity contribution >= 4 is 0 Å². The van der Waals surface area contributed by atoms with Crippen molar-refractivity contribution in [1.82, 2.24) is 0 Å². The summed E-state index contributed by atoms with van der Waals surface area (Å²) in [6.45, 7) is 4.04. The molecule has 1 aliphatic carbocycles. The molecule has 1 spiro atoms. The van der Waals surface area contributed by atoms with Gasteiger partial charge in [-0.3, -0.25) is 0 Å². The minimum Gasteiger partial charge on any atom is -0.350 e. The lowest BCUT2D eigenvalue weighted by Gasteiger charge is -2.44. The van der Waals surface area contributed by atoms with Gasteiger partial charge in [0.1, 0.15) is 0 Å². The molecule has 1 unspecified atom stereocenters. The highest BCUT2D eigenvalue weighted by molar-refractivity contribution is 4.83. The van der Waals surface area contributed by atoms with Crippen molar-refractivity contribution in [3.05, 3.63) is 0 Å². The highest BCUT2D eigenvalue weighted by Gasteiger charge is 2.41. The molecule has 0 aromatic heterocycles. The largest absolute Gasteiger partial charge is 0.350 e. The Labute approximate surface area is 74.2 Å². The summed E-state index contributed by atoms with van der Waals surface area (Å²) in [4.78, 5) is 0. The fraction of sp³-hybridized carbons (Fsp3) is 1.00. The Bertz CT molecular complexity index is 142. The van der Waals surface area contributed by atoms with Gasteiger partial charge in [-0.2, -0.15) is 0 Å². The van der Waals surface area contributed by atoms with Crippen LogP contribution in [0.25, 0.3) is 0 Å². The van der Waals surface area contributed by atoms with Gasteiger partial charge in [-0.05, 0) is 19.3 Å². The molecule has 0 N–H and O–H groups in total. The van der Waals surface area contributed by atoms with E-state index in [9.17, 15) is 0 Å².